The third-order valence-electron chi connectivity index (χ3n) is 3.08. The molecule has 2 rings (SSSR count). The molecule has 0 bridgehead atoms. The Balaban J connectivity index is 2.37. The van der Waals surface area contributed by atoms with Crippen LogP contribution >= 0.6 is 0 Å². The Morgan fingerprint density at radius 1 is 1.19 bits per heavy atom. The van der Waals surface area contributed by atoms with Crippen LogP contribution in [0, 0.1) is 0 Å². The number of rotatable bonds is 1. The van der Waals surface area contributed by atoms with Crippen LogP contribution in [0.3, 0.4) is 0 Å². The summed E-state index contributed by atoms with van der Waals surface area (Å²) in [6, 6.07) is 8.60. The average Bonchev–Trinajstić information content (AvgIpc) is 2.28. The normalized spacial score (nSPS) is 21.1. The Kier molecular flexibility index (Phi) is 3.45. The highest BCUT2D eigenvalue weighted by Gasteiger charge is 2.08. The Hall–Kier alpha value is -1.50. The number of aryl methyl sites for hydroxylation is 1. The average molecular weight is 213 g/mol. The predicted molar refractivity (Wildman–Crippen MR) is 70.5 cm³/mol. The Labute approximate surface area is 97.9 Å². The second-order valence-electron chi connectivity index (χ2n) is 4.33. The Bertz CT molecular complexity index is 427. The zero-order valence-corrected chi connectivity index (χ0v) is 10.1. The third kappa shape index (κ3) is 2.35. The van der Waals surface area contributed by atoms with Gasteiger partial charge in [-0.05, 0) is 56.4 Å². The fraction of sp³-hybridized carbons (Fsp3) is 0.333. The van der Waals surface area contributed by atoms with Gasteiger partial charge in [-0.25, -0.2) is 0 Å². The lowest BCUT2D eigenvalue weighted by molar-refractivity contribution is 0.800. The molecule has 0 atom stereocenters. The summed E-state index contributed by atoms with van der Waals surface area (Å²) in [6.45, 7) is 4.28. The van der Waals surface area contributed by atoms with Crippen molar-refractivity contribution in [1.29, 1.82) is 0 Å². The smallest absolute Gasteiger partial charge is 0.0416 e. The van der Waals surface area contributed by atoms with E-state index in [1.54, 1.807) is 0 Å². The number of hydrogen-bond donors (Lipinski definition) is 1. The van der Waals surface area contributed by atoms with E-state index in [4.69, 9.17) is 0 Å². The van der Waals surface area contributed by atoms with Crippen molar-refractivity contribution >= 4 is 5.69 Å². The van der Waals surface area contributed by atoms with Crippen LogP contribution in [0.2, 0.25) is 0 Å². The molecule has 1 heterocycles. The first-order valence-electron chi connectivity index (χ1n) is 5.98. The Morgan fingerprint density at radius 3 is 2.81 bits per heavy atom. The standard InChI is InChI=1S/C15H19N/c1-3-7-14-12(2)8-6-10-13-9-4-5-11-15(13)16-14/h3-5,7,9,11,16H,6,8,10H2,1-2H3/b7-3-,14-12-. The molecule has 1 heteroatoms. The summed E-state index contributed by atoms with van der Waals surface area (Å²) >= 11 is 0. The lowest BCUT2D eigenvalue weighted by Crippen LogP contribution is -2.06. The van der Waals surface area contributed by atoms with Crippen molar-refractivity contribution < 1.29 is 0 Å². The van der Waals surface area contributed by atoms with Gasteiger partial charge in [0.2, 0.25) is 0 Å². The quantitative estimate of drug-likeness (QED) is 0.734. The number of para-hydroxylation sites is 1. The summed E-state index contributed by atoms with van der Waals surface area (Å²) in [5, 5.41) is 3.54. The predicted octanol–water partition coefficient (Wildman–Crippen LogP) is 4.28. The fourth-order valence-electron chi connectivity index (χ4n) is 2.14. The van der Waals surface area contributed by atoms with Crippen molar-refractivity contribution in [2.75, 3.05) is 5.32 Å². The van der Waals surface area contributed by atoms with E-state index < -0.39 is 0 Å². The van der Waals surface area contributed by atoms with E-state index in [0.717, 1.165) is 0 Å². The van der Waals surface area contributed by atoms with E-state index in [0.29, 0.717) is 0 Å². The van der Waals surface area contributed by atoms with Gasteiger partial charge >= 0.3 is 0 Å². The SMILES string of the molecule is C/C=C\C1=C(/C)CCCc2ccccc2N1. The molecule has 1 aliphatic heterocycles. The first kappa shape index (κ1) is 11.0. The number of nitrogens with one attached hydrogen (secondary N) is 1. The molecule has 0 saturated carbocycles. The summed E-state index contributed by atoms with van der Waals surface area (Å²) in [5.74, 6) is 0. The second kappa shape index (κ2) is 5.02. The highest BCUT2D eigenvalue weighted by molar-refractivity contribution is 5.58. The van der Waals surface area contributed by atoms with E-state index >= 15 is 0 Å². The van der Waals surface area contributed by atoms with Crippen LogP contribution in [0.15, 0.2) is 47.7 Å². The molecule has 1 aromatic carbocycles. The maximum Gasteiger partial charge on any atom is 0.0416 e. The van der Waals surface area contributed by atoms with Crippen LogP contribution in [-0.4, -0.2) is 0 Å². The fourth-order valence-corrected chi connectivity index (χ4v) is 2.14. The van der Waals surface area contributed by atoms with E-state index in [1.165, 1.54) is 41.8 Å². The molecular weight excluding hydrogens is 194 g/mol. The van der Waals surface area contributed by atoms with Crippen molar-refractivity contribution in [2.24, 2.45) is 0 Å². The maximum atomic E-state index is 3.54. The topological polar surface area (TPSA) is 12.0 Å². The third-order valence-corrected chi connectivity index (χ3v) is 3.08. The molecule has 0 spiro atoms. The van der Waals surface area contributed by atoms with E-state index in [2.05, 4.69) is 55.6 Å². The highest BCUT2D eigenvalue weighted by atomic mass is 14.9. The van der Waals surface area contributed by atoms with Gasteiger partial charge in [0.15, 0.2) is 0 Å². The van der Waals surface area contributed by atoms with Gasteiger partial charge < -0.3 is 5.32 Å². The molecule has 1 N–H and O–H groups in total. The summed E-state index contributed by atoms with van der Waals surface area (Å²) in [7, 11) is 0. The van der Waals surface area contributed by atoms with Crippen molar-refractivity contribution in [3.8, 4) is 0 Å². The monoisotopic (exact) mass is 213 g/mol. The zero-order valence-electron chi connectivity index (χ0n) is 10.1. The number of hydrogen-bond acceptors (Lipinski definition) is 1. The van der Waals surface area contributed by atoms with Crippen LogP contribution in [0.4, 0.5) is 5.69 Å². The van der Waals surface area contributed by atoms with Gasteiger partial charge in [0.25, 0.3) is 0 Å². The maximum absolute atomic E-state index is 3.54. The minimum atomic E-state index is 1.17. The number of benzene rings is 1. The summed E-state index contributed by atoms with van der Waals surface area (Å²) in [4.78, 5) is 0. The van der Waals surface area contributed by atoms with E-state index in [-0.39, 0.29) is 0 Å². The van der Waals surface area contributed by atoms with Gasteiger partial charge in [-0.15, -0.1) is 0 Å². The van der Waals surface area contributed by atoms with Crippen LogP contribution in [-0.2, 0) is 6.42 Å². The summed E-state index contributed by atoms with van der Waals surface area (Å²) in [6.07, 6.45) is 7.85. The molecule has 0 saturated heterocycles. The van der Waals surface area contributed by atoms with Crippen molar-refractivity contribution in [1.82, 2.24) is 0 Å². The first-order valence-corrected chi connectivity index (χ1v) is 5.98. The molecule has 0 aromatic heterocycles. The first-order chi connectivity index (χ1) is 7.81. The minimum Gasteiger partial charge on any atom is -0.355 e. The lowest BCUT2D eigenvalue weighted by atomic mass is 9.99. The molecule has 16 heavy (non-hydrogen) atoms. The van der Waals surface area contributed by atoms with Crippen LogP contribution in [0.5, 0.6) is 0 Å². The molecule has 0 fully saturated rings. The molecule has 0 amide bonds. The van der Waals surface area contributed by atoms with Gasteiger partial charge in [-0.1, -0.05) is 24.3 Å². The molecule has 1 aliphatic rings. The van der Waals surface area contributed by atoms with Crippen LogP contribution < -0.4 is 5.32 Å². The molecular formula is C15H19N. The van der Waals surface area contributed by atoms with Crippen molar-refractivity contribution in [3.05, 3.63) is 53.3 Å². The second-order valence-corrected chi connectivity index (χ2v) is 4.33. The van der Waals surface area contributed by atoms with Gasteiger partial charge in [0, 0.05) is 11.4 Å². The zero-order chi connectivity index (χ0) is 11.4. The van der Waals surface area contributed by atoms with Gasteiger partial charge in [-0.3, -0.25) is 0 Å². The minimum absolute atomic E-state index is 1.17. The molecule has 0 unspecified atom stereocenters. The number of allylic oxidation sites excluding steroid dienone is 3. The van der Waals surface area contributed by atoms with Crippen LogP contribution in [0.25, 0.3) is 0 Å². The molecule has 0 aliphatic carbocycles. The Morgan fingerprint density at radius 2 is 2.00 bits per heavy atom. The van der Waals surface area contributed by atoms with E-state index in [1.807, 2.05) is 0 Å². The lowest BCUT2D eigenvalue weighted by Gasteiger charge is -2.18. The summed E-state index contributed by atoms with van der Waals surface area (Å²) in [5.41, 5.74) is 5.40. The number of fused-ring (bicyclic) bond motifs is 1. The summed E-state index contributed by atoms with van der Waals surface area (Å²) < 4.78 is 0. The molecule has 0 radical (unpaired) electrons. The molecule has 1 aromatic rings. The van der Waals surface area contributed by atoms with Gasteiger partial charge in [-0.2, -0.15) is 0 Å². The highest BCUT2D eigenvalue weighted by Crippen LogP contribution is 2.25. The van der Waals surface area contributed by atoms with Gasteiger partial charge in [0.05, 0.1) is 0 Å². The van der Waals surface area contributed by atoms with Crippen molar-refractivity contribution in [2.45, 2.75) is 33.1 Å². The van der Waals surface area contributed by atoms with Gasteiger partial charge in [0.1, 0.15) is 0 Å². The molecule has 1 nitrogen and oxygen atoms in total. The largest absolute Gasteiger partial charge is 0.355 e. The molecule has 84 valence electrons. The van der Waals surface area contributed by atoms with E-state index in [9.17, 15) is 0 Å². The van der Waals surface area contributed by atoms with Crippen molar-refractivity contribution in [3.63, 3.8) is 0 Å². The van der Waals surface area contributed by atoms with Crippen LogP contribution in [0.1, 0.15) is 32.3 Å². The number of anilines is 1.